The molecule has 2 aromatic heterocycles. The lowest BCUT2D eigenvalue weighted by molar-refractivity contribution is 0.556. The molecule has 0 fully saturated rings. The van der Waals surface area contributed by atoms with E-state index in [1.54, 1.807) is 0 Å². The van der Waals surface area contributed by atoms with E-state index in [-0.39, 0.29) is 6.04 Å². The maximum Gasteiger partial charge on any atom is 0.254 e. The van der Waals surface area contributed by atoms with Gasteiger partial charge in [-0.05, 0) is 50.7 Å². The molecule has 0 aromatic carbocycles. The van der Waals surface area contributed by atoms with E-state index in [0.29, 0.717) is 5.95 Å². The van der Waals surface area contributed by atoms with Gasteiger partial charge in [-0.1, -0.05) is 13.8 Å². The smallest absolute Gasteiger partial charge is 0.254 e. The Morgan fingerprint density at radius 2 is 2.00 bits per heavy atom. The average Bonchev–Trinajstić information content (AvgIpc) is 2.84. The lowest BCUT2D eigenvalue weighted by Gasteiger charge is -2.20. The summed E-state index contributed by atoms with van der Waals surface area (Å²) in [6.07, 6.45) is 4.98. The molecule has 0 spiro atoms. The first-order valence-corrected chi connectivity index (χ1v) is 7.85. The van der Waals surface area contributed by atoms with Crippen LogP contribution in [0.2, 0.25) is 0 Å². The number of hydrogen-bond donors (Lipinski definition) is 1. The average molecular weight is 285 g/mol. The van der Waals surface area contributed by atoms with Gasteiger partial charge in [0, 0.05) is 17.4 Å². The summed E-state index contributed by atoms with van der Waals surface area (Å²) in [6.45, 7) is 6.29. The molecule has 3 rings (SSSR count). The van der Waals surface area contributed by atoms with Gasteiger partial charge in [0.05, 0.1) is 11.4 Å². The second-order valence-electron chi connectivity index (χ2n) is 5.73. The largest absolute Gasteiger partial charge is 0.324 e. The Labute approximate surface area is 125 Å². The molecule has 0 saturated carbocycles. The predicted molar refractivity (Wildman–Crippen MR) is 82.5 cm³/mol. The van der Waals surface area contributed by atoms with E-state index in [9.17, 15) is 0 Å². The van der Waals surface area contributed by atoms with Gasteiger partial charge in [-0.2, -0.15) is 0 Å². The minimum absolute atomic E-state index is 0.141. The molecule has 0 radical (unpaired) electrons. The minimum atomic E-state index is 0.141. The second-order valence-corrected chi connectivity index (χ2v) is 5.73. The molecule has 2 heterocycles. The molecule has 0 bridgehead atoms. The van der Waals surface area contributed by atoms with Crippen molar-refractivity contribution in [3.63, 3.8) is 0 Å². The standard InChI is InChI=1S/C16H23N5/c1-4-13-14(5-2)19-20-16(18-13)21-10(3)9-11-12(17)7-6-8-15(11)21/h9,12H,4-8,17H2,1-3H3. The fourth-order valence-electron chi connectivity index (χ4n) is 3.24. The normalized spacial score (nSPS) is 17.8. The highest BCUT2D eigenvalue weighted by Gasteiger charge is 2.24. The summed E-state index contributed by atoms with van der Waals surface area (Å²) in [5, 5.41) is 8.72. The third-order valence-corrected chi connectivity index (χ3v) is 4.35. The van der Waals surface area contributed by atoms with Gasteiger partial charge in [-0.25, -0.2) is 4.98 Å². The zero-order valence-electron chi connectivity index (χ0n) is 13.1. The highest BCUT2D eigenvalue weighted by molar-refractivity contribution is 5.38. The van der Waals surface area contributed by atoms with Crippen molar-refractivity contribution in [2.45, 2.75) is 58.9 Å². The van der Waals surface area contributed by atoms with E-state index in [2.05, 4.69) is 41.6 Å². The molecule has 2 N–H and O–H groups in total. The molecule has 5 nitrogen and oxygen atoms in total. The van der Waals surface area contributed by atoms with Crippen molar-refractivity contribution in [2.75, 3.05) is 0 Å². The van der Waals surface area contributed by atoms with Crippen molar-refractivity contribution in [3.05, 3.63) is 34.4 Å². The Balaban J connectivity index is 2.13. The number of nitrogens with zero attached hydrogens (tertiary/aromatic N) is 4. The van der Waals surface area contributed by atoms with Crippen molar-refractivity contribution in [1.82, 2.24) is 19.7 Å². The molecule has 1 atom stereocenters. The summed E-state index contributed by atoms with van der Waals surface area (Å²) in [5.74, 6) is 0.692. The molecule has 112 valence electrons. The molecule has 5 heteroatoms. The van der Waals surface area contributed by atoms with Gasteiger partial charge in [0.15, 0.2) is 0 Å². The van der Waals surface area contributed by atoms with E-state index < -0.39 is 0 Å². The number of rotatable bonds is 3. The fourth-order valence-corrected chi connectivity index (χ4v) is 3.24. The van der Waals surface area contributed by atoms with Crippen LogP contribution in [0, 0.1) is 6.92 Å². The van der Waals surface area contributed by atoms with E-state index in [0.717, 1.165) is 49.2 Å². The summed E-state index contributed by atoms with van der Waals surface area (Å²) in [4.78, 5) is 4.75. The number of fused-ring (bicyclic) bond motifs is 1. The molecule has 21 heavy (non-hydrogen) atoms. The van der Waals surface area contributed by atoms with Crippen LogP contribution in [0.3, 0.4) is 0 Å². The van der Waals surface area contributed by atoms with Crippen LogP contribution in [-0.2, 0) is 19.3 Å². The molecule has 0 amide bonds. The van der Waals surface area contributed by atoms with Gasteiger partial charge >= 0.3 is 0 Å². The number of aryl methyl sites for hydroxylation is 3. The highest BCUT2D eigenvalue weighted by Crippen LogP contribution is 2.31. The lowest BCUT2D eigenvalue weighted by Crippen LogP contribution is -2.19. The Kier molecular flexibility index (Phi) is 3.76. The van der Waals surface area contributed by atoms with Crippen LogP contribution in [0.4, 0.5) is 0 Å². The SMILES string of the molecule is CCc1nnc(-n2c(C)cc3c2CCCC3N)nc1CC. The van der Waals surface area contributed by atoms with E-state index in [4.69, 9.17) is 10.7 Å². The third-order valence-electron chi connectivity index (χ3n) is 4.35. The fraction of sp³-hybridized carbons (Fsp3) is 0.562. The van der Waals surface area contributed by atoms with Crippen molar-refractivity contribution >= 4 is 0 Å². The molecule has 0 aliphatic heterocycles. The van der Waals surface area contributed by atoms with Gasteiger partial charge in [0.25, 0.3) is 5.95 Å². The maximum absolute atomic E-state index is 6.24. The summed E-state index contributed by atoms with van der Waals surface area (Å²) < 4.78 is 2.14. The van der Waals surface area contributed by atoms with E-state index in [1.807, 2.05) is 0 Å². The molecular weight excluding hydrogens is 262 g/mol. The van der Waals surface area contributed by atoms with E-state index in [1.165, 1.54) is 11.3 Å². The zero-order valence-corrected chi connectivity index (χ0v) is 13.1. The molecule has 1 unspecified atom stereocenters. The number of aromatic nitrogens is 4. The quantitative estimate of drug-likeness (QED) is 0.940. The van der Waals surface area contributed by atoms with Crippen molar-refractivity contribution in [1.29, 1.82) is 0 Å². The van der Waals surface area contributed by atoms with Gasteiger partial charge < -0.3 is 5.73 Å². The van der Waals surface area contributed by atoms with Crippen LogP contribution in [0.1, 0.15) is 61.1 Å². The van der Waals surface area contributed by atoms with Crippen LogP contribution < -0.4 is 5.73 Å². The summed E-state index contributed by atoms with van der Waals surface area (Å²) in [6, 6.07) is 2.32. The van der Waals surface area contributed by atoms with Crippen LogP contribution in [0.25, 0.3) is 5.95 Å². The topological polar surface area (TPSA) is 69.6 Å². The third kappa shape index (κ3) is 2.35. The first-order chi connectivity index (χ1) is 10.2. The number of hydrogen-bond acceptors (Lipinski definition) is 4. The zero-order chi connectivity index (χ0) is 15.0. The van der Waals surface area contributed by atoms with Crippen molar-refractivity contribution < 1.29 is 0 Å². The van der Waals surface area contributed by atoms with E-state index >= 15 is 0 Å². The van der Waals surface area contributed by atoms with Gasteiger partial charge in [0.2, 0.25) is 0 Å². The minimum Gasteiger partial charge on any atom is -0.324 e. The van der Waals surface area contributed by atoms with Gasteiger partial charge in [-0.15, -0.1) is 10.2 Å². The van der Waals surface area contributed by atoms with Gasteiger partial charge in [0.1, 0.15) is 0 Å². The van der Waals surface area contributed by atoms with Crippen LogP contribution in [-0.4, -0.2) is 19.7 Å². The van der Waals surface area contributed by atoms with Gasteiger partial charge in [-0.3, -0.25) is 4.57 Å². The molecule has 2 aromatic rings. The second kappa shape index (κ2) is 5.56. The molecule has 0 saturated heterocycles. The summed E-state index contributed by atoms with van der Waals surface area (Å²) in [7, 11) is 0. The summed E-state index contributed by atoms with van der Waals surface area (Å²) >= 11 is 0. The van der Waals surface area contributed by atoms with Crippen LogP contribution >= 0.6 is 0 Å². The lowest BCUT2D eigenvalue weighted by atomic mass is 9.93. The number of nitrogens with two attached hydrogens (primary N) is 1. The van der Waals surface area contributed by atoms with Crippen molar-refractivity contribution in [2.24, 2.45) is 5.73 Å². The van der Waals surface area contributed by atoms with Crippen LogP contribution in [0.15, 0.2) is 6.07 Å². The monoisotopic (exact) mass is 285 g/mol. The first kappa shape index (κ1) is 14.2. The Bertz CT molecular complexity index is 659. The summed E-state index contributed by atoms with van der Waals surface area (Å²) in [5.41, 5.74) is 11.9. The first-order valence-electron chi connectivity index (χ1n) is 7.85. The Hall–Kier alpha value is -1.75. The van der Waals surface area contributed by atoms with Crippen LogP contribution in [0.5, 0.6) is 0 Å². The van der Waals surface area contributed by atoms with Crippen molar-refractivity contribution in [3.8, 4) is 5.95 Å². The predicted octanol–water partition coefficient (Wildman–Crippen LogP) is 2.43. The Morgan fingerprint density at radius 1 is 1.24 bits per heavy atom. The molecular formula is C16H23N5. The Morgan fingerprint density at radius 3 is 2.71 bits per heavy atom. The highest BCUT2D eigenvalue weighted by atomic mass is 15.3. The maximum atomic E-state index is 6.24. The molecule has 1 aliphatic rings. The molecule has 1 aliphatic carbocycles.